The van der Waals surface area contributed by atoms with E-state index in [-0.39, 0.29) is 10.8 Å². The molecule has 62 heavy (non-hydrogen) atoms. The van der Waals surface area contributed by atoms with Crippen LogP contribution in [0.3, 0.4) is 0 Å². The van der Waals surface area contributed by atoms with E-state index in [1.807, 2.05) is 11.3 Å². The largest absolute Gasteiger partial charge is 0.282 e. The monoisotopic (exact) mass is 811 g/mol. The third-order valence-electron chi connectivity index (χ3n) is 14.2. The van der Waals surface area contributed by atoms with Crippen molar-refractivity contribution in [2.45, 2.75) is 38.5 Å². The van der Waals surface area contributed by atoms with E-state index < -0.39 is 0 Å². The fourth-order valence-corrected chi connectivity index (χ4v) is 12.0. The molecule has 294 valence electrons. The Labute approximate surface area is 364 Å². The van der Waals surface area contributed by atoms with Gasteiger partial charge in [-0.2, -0.15) is 0 Å². The molecule has 0 atom stereocenters. The molecule has 0 aliphatic heterocycles. The van der Waals surface area contributed by atoms with E-state index in [1.54, 1.807) is 0 Å². The summed E-state index contributed by atoms with van der Waals surface area (Å²) in [5, 5.41) is 14.2. The molecule has 4 heteroatoms. The minimum atomic E-state index is -0.0847. The fourth-order valence-electron chi connectivity index (χ4n) is 10.8. The Hall–Kier alpha value is -7.14. The molecule has 2 aliphatic carbocycles. The zero-order valence-corrected chi connectivity index (χ0v) is 35.8. The van der Waals surface area contributed by atoms with Gasteiger partial charge in [-0.3, -0.25) is 4.40 Å². The van der Waals surface area contributed by atoms with Crippen LogP contribution in [0, 0.1) is 0 Å². The molecule has 2 aliphatic rings. The predicted molar refractivity (Wildman–Crippen MR) is 260 cm³/mol. The minimum Gasteiger partial charge on any atom is -0.282 e. The van der Waals surface area contributed by atoms with Gasteiger partial charge < -0.3 is 0 Å². The van der Waals surface area contributed by atoms with Crippen LogP contribution in [0.25, 0.3) is 104 Å². The molecule has 0 saturated carbocycles. The van der Waals surface area contributed by atoms with Crippen LogP contribution >= 0.6 is 11.3 Å². The maximum absolute atomic E-state index is 4.69. The first kappa shape index (κ1) is 35.6. The summed E-state index contributed by atoms with van der Waals surface area (Å²) in [6, 6.07) is 63.4. The Morgan fingerprint density at radius 1 is 0.403 bits per heavy atom. The van der Waals surface area contributed by atoms with Gasteiger partial charge in [-0.15, -0.1) is 21.5 Å². The third kappa shape index (κ3) is 4.99. The number of rotatable bonds is 4. The van der Waals surface area contributed by atoms with Crippen LogP contribution in [-0.2, 0) is 10.8 Å². The summed E-state index contributed by atoms with van der Waals surface area (Å²) in [6.45, 7) is 9.46. The Bertz CT molecular complexity index is 3690. The number of benzene rings is 8. The van der Waals surface area contributed by atoms with Gasteiger partial charge in [0, 0.05) is 53.7 Å². The van der Waals surface area contributed by atoms with Crippen LogP contribution in [0.15, 0.2) is 176 Å². The van der Waals surface area contributed by atoms with Gasteiger partial charge in [-0.05, 0) is 120 Å². The van der Waals surface area contributed by atoms with E-state index in [9.17, 15) is 0 Å². The smallest absolute Gasteiger partial charge is 0.168 e. The van der Waals surface area contributed by atoms with Crippen LogP contribution in [0.5, 0.6) is 0 Å². The molecule has 0 saturated heterocycles. The lowest BCUT2D eigenvalue weighted by Gasteiger charge is -2.22. The molecule has 0 radical (unpaired) electrons. The number of aromatic nitrogens is 3. The number of fused-ring (bicyclic) bond motifs is 12. The highest BCUT2D eigenvalue weighted by Crippen LogP contribution is 2.52. The number of hydrogen-bond acceptors (Lipinski definition) is 3. The summed E-state index contributed by atoms with van der Waals surface area (Å²) in [7, 11) is 0. The average Bonchev–Trinajstić information content (AvgIpc) is 4.03. The Morgan fingerprint density at radius 2 is 0.952 bits per heavy atom. The molecule has 3 nitrogen and oxygen atoms in total. The molecule has 0 N–H and O–H groups in total. The quantitative estimate of drug-likeness (QED) is 0.177. The van der Waals surface area contributed by atoms with Gasteiger partial charge in [0.1, 0.15) is 0 Å². The highest BCUT2D eigenvalue weighted by Gasteiger charge is 2.36. The van der Waals surface area contributed by atoms with Gasteiger partial charge in [0.05, 0.1) is 0 Å². The summed E-state index contributed by atoms with van der Waals surface area (Å²) >= 11 is 1.89. The first-order chi connectivity index (χ1) is 30.2. The minimum absolute atomic E-state index is 0.0537. The van der Waals surface area contributed by atoms with Crippen molar-refractivity contribution in [2.75, 3.05) is 0 Å². The Morgan fingerprint density at radius 3 is 1.66 bits per heavy atom. The van der Waals surface area contributed by atoms with Crippen LogP contribution in [0.2, 0.25) is 0 Å². The van der Waals surface area contributed by atoms with Crippen molar-refractivity contribution < 1.29 is 0 Å². The van der Waals surface area contributed by atoms with Gasteiger partial charge in [0.2, 0.25) is 0 Å². The topological polar surface area (TPSA) is 30.2 Å². The van der Waals surface area contributed by atoms with E-state index >= 15 is 0 Å². The molecular weight excluding hydrogens is 771 g/mol. The van der Waals surface area contributed by atoms with Crippen molar-refractivity contribution in [3.63, 3.8) is 0 Å². The second kappa shape index (κ2) is 12.7. The number of pyridine rings is 1. The normalized spacial score (nSPS) is 14.4. The lowest BCUT2D eigenvalue weighted by atomic mass is 9.81. The van der Waals surface area contributed by atoms with Crippen LogP contribution in [-0.4, -0.2) is 14.6 Å². The van der Waals surface area contributed by atoms with Gasteiger partial charge in [-0.25, -0.2) is 0 Å². The molecule has 11 aromatic rings. The van der Waals surface area contributed by atoms with Crippen molar-refractivity contribution in [3.8, 4) is 67.0 Å². The number of thiophene rings is 1. The zero-order chi connectivity index (χ0) is 41.5. The highest BCUT2D eigenvalue weighted by atomic mass is 32.1. The van der Waals surface area contributed by atoms with Gasteiger partial charge >= 0.3 is 0 Å². The molecule has 0 bridgehead atoms. The molecule has 0 amide bonds. The lowest BCUT2D eigenvalue weighted by Crippen LogP contribution is -2.14. The first-order valence-electron chi connectivity index (χ1n) is 21.6. The molecule has 13 rings (SSSR count). The van der Waals surface area contributed by atoms with Crippen molar-refractivity contribution >= 4 is 47.9 Å². The molecule has 3 aromatic heterocycles. The second-order valence-electron chi connectivity index (χ2n) is 18.3. The van der Waals surface area contributed by atoms with Crippen molar-refractivity contribution in [1.82, 2.24) is 14.6 Å². The van der Waals surface area contributed by atoms with E-state index in [4.69, 9.17) is 5.10 Å². The van der Waals surface area contributed by atoms with Gasteiger partial charge in [0.25, 0.3) is 0 Å². The standard InChI is InChI=1S/C58H41N3S/c1-57(2)49-15-9-7-13-42(49)44-24-21-38(32-51(44)57)37-23-26-53-47(29-37)48-31-40(39-22-25-45-43-14-8-10-16-50(43)58(3,4)52(45)33-39)30-46(54(48)62-53)35-17-19-36(20-18-35)55-59-60-56-41-12-6-5-11-34(41)27-28-61(55)56/h5-33H,1-4H3. The lowest BCUT2D eigenvalue weighted by molar-refractivity contribution is 0.660. The SMILES string of the molecule is CC1(C)c2ccccc2-c2ccc(-c3ccc4sc5c(-c6ccc(-c7nnc8c9ccccc9ccn78)cc6)cc(-c6ccc7c(c6)C(C)(C)c6ccccc6-7)cc5c4c3)cc21. The summed E-state index contributed by atoms with van der Waals surface area (Å²) in [6.07, 6.45) is 2.08. The average molecular weight is 812 g/mol. The molecule has 0 unspecified atom stereocenters. The molecule has 3 heterocycles. The van der Waals surface area contributed by atoms with Crippen molar-refractivity contribution in [3.05, 3.63) is 198 Å². The van der Waals surface area contributed by atoms with Crippen molar-refractivity contribution in [1.29, 1.82) is 0 Å². The summed E-state index contributed by atoms with van der Waals surface area (Å²) in [5.41, 5.74) is 20.1. The maximum atomic E-state index is 4.69. The van der Waals surface area contributed by atoms with Crippen LogP contribution < -0.4 is 0 Å². The van der Waals surface area contributed by atoms with Gasteiger partial charge in [-0.1, -0.05) is 155 Å². The molecule has 0 fully saturated rings. The summed E-state index contributed by atoms with van der Waals surface area (Å²) in [5.74, 6) is 0.839. The predicted octanol–water partition coefficient (Wildman–Crippen LogP) is 15.5. The van der Waals surface area contributed by atoms with E-state index in [0.29, 0.717) is 0 Å². The molecule has 0 spiro atoms. The number of hydrogen-bond donors (Lipinski definition) is 0. The van der Waals surface area contributed by atoms with E-state index in [2.05, 4.69) is 213 Å². The second-order valence-corrected chi connectivity index (χ2v) is 19.3. The Balaban J connectivity index is 0.974. The van der Waals surface area contributed by atoms with Crippen molar-refractivity contribution in [2.24, 2.45) is 0 Å². The summed E-state index contributed by atoms with van der Waals surface area (Å²) in [4.78, 5) is 0. The molecule has 8 aromatic carbocycles. The van der Waals surface area contributed by atoms with E-state index in [1.165, 1.54) is 98.1 Å². The van der Waals surface area contributed by atoms with Crippen LogP contribution in [0.4, 0.5) is 0 Å². The Kier molecular flexibility index (Phi) is 7.29. The summed E-state index contributed by atoms with van der Waals surface area (Å²) < 4.78 is 4.70. The zero-order valence-electron chi connectivity index (χ0n) is 35.0. The van der Waals surface area contributed by atoms with Crippen LogP contribution in [0.1, 0.15) is 49.9 Å². The molecular formula is C58H41N3S. The number of nitrogens with zero attached hydrogens (tertiary/aromatic N) is 3. The fraction of sp³-hybridized carbons (Fsp3) is 0.103. The highest BCUT2D eigenvalue weighted by molar-refractivity contribution is 7.26. The maximum Gasteiger partial charge on any atom is 0.168 e. The van der Waals surface area contributed by atoms with E-state index in [0.717, 1.165) is 27.8 Å². The first-order valence-corrected chi connectivity index (χ1v) is 22.4. The van der Waals surface area contributed by atoms with Gasteiger partial charge in [0.15, 0.2) is 11.5 Å². The third-order valence-corrected chi connectivity index (χ3v) is 15.4.